The van der Waals surface area contributed by atoms with Crippen molar-refractivity contribution in [1.82, 2.24) is 10.0 Å². The van der Waals surface area contributed by atoms with Crippen LogP contribution in [0.4, 0.5) is 5.69 Å². The first-order valence-electron chi connectivity index (χ1n) is 10.9. The van der Waals surface area contributed by atoms with Gasteiger partial charge in [-0.25, -0.2) is 5.01 Å². The fourth-order valence-electron chi connectivity index (χ4n) is 4.41. The molecule has 3 amide bonds. The molecule has 0 radical (unpaired) electrons. The maximum absolute atomic E-state index is 13.5. The first-order valence-corrected chi connectivity index (χ1v) is 10.9. The predicted molar refractivity (Wildman–Crippen MR) is 121 cm³/mol. The van der Waals surface area contributed by atoms with E-state index < -0.39 is 52.5 Å². The molecule has 1 fully saturated rings. The van der Waals surface area contributed by atoms with Crippen LogP contribution in [0.25, 0.3) is 0 Å². The van der Waals surface area contributed by atoms with Gasteiger partial charge >= 0.3 is 0 Å². The summed E-state index contributed by atoms with van der Waals surface area (Å²) >= 11 is 0. The van der Waals surface area contributed by atoms with Gasteiger partial charge in [-0.05, 0) is 32.8 Å². The van der Waals surface area contributed by atoms with E-state index >= 15 is 0 Å². The minimum Gasteiger partial charge on any atom is -0.292 e. The summed E-state index contributed by atoms with van der Waals surface area (Å²) in [6.45, 7) is 3.11. The van der Waals surface area contributed by atoms with Crippen LogP contribution in [-0.4, -0.2) is 45.0 Å². The minimum atomic E-state index is -0.960. The summed E-state index contributed by atoms with van der Waals surface area (Å²) in [6.07, 6.45) is 2.63. The van der Waals surface area contributed by atoms with Crippen LogP contribution in [0.2, 0.25) is 0 Å². The number of rotatable bonds is 6. The van der Waals surface area contributed by atoms with Gasteiger partial charge in [-0.15, -0.1) is 0 Å². The van der Waals surface area contributed by atoms with E-state index in [0.717, 1.165) is 27.2 Å². The number of aryl methyl sites for hydroxylation is 1. The highest BCUT2D eigenvalue weighted by Gasteiger charge is 2.52. The Morgan fingerprint density at radius 3 is 2.35 bits per heavy atom. The lowest BCUT2D eigenvalue weighted by Crippen LogP contribution is -2.52. The van der Waals surface area contributed by atoms with E-state index in [4.69, 9.17) is 0 Å². The summed E-state index contributed by atoms with van der Waals surface area (Å²) < 4.78 is 0. The highest BCUT2D eigenvalue weighted by atomic mass is 16.6. The van der Waals surface area contributed by atoms with Crippen LogP contribution in [0.5, 0.6) is 0 Å². The highest BCUT2D eigenvalue weighted by Crippen LogP contribution is 2.39. The van der Waals surface area contributed by atoms with Crippen LogP contribution in [-0.2, 0) is 9.59 Å². The van der Waals surface area contributed by atoms with E-state index in [9.17, 15) is 29.3 Å². The zero-order valence-electron chi connectivity index (χ0n) is 18.8. The molecule has 1 aliphatic heterocycles. The number of ketones is 1. The number of carbonyl (C=O) groups excluding carboxylic acids is 4. The second-order valence-corrected chi connectivity index (χ2v) is 8.62. The molecule has 1 saturated heterocycles. The number of amides is 3. The molecule has 1 aliphatic carbocycles. The van der Waals surface area contributed by atoms with Gasteiger partial charge in [0.2, 0.25) is 0 Å². The molecule has 1 heterocycles. The lowest BCUT2D eigenvalue weighted by Gasteiger charge is -2.30. The average Bonchev–Trinajstić information content (AvgIpc) is 3.06. The fraction of sp³-hybridized carbons (Fsp3) is 0.280. The van der Waals surface area contributed by atoms with Gasteiger partial charge in [-0.3, -0.25) is 29.3 Å². The number of benzene rings is 2. The average molecular weight is 461 g/mol. The number of nitro groups is 1. The SMILES string of the molecule is CC1=CC[C@H]2C(=O)N(N(CC(=O)c3ccc(C)cc3)C(=O)c3ccccc3[N+](=O)[O-])C(=O)[C@H]2C1. The fourth-order valence-corrected chi connectivity index (χ4v) is 4.41. The lowest BCUT2D eigenvalue weighted by molar-refractivity contribution is -0.385. The summed E-state index contributed by atoms with van der Waals surface area (Å²) in [5.74, 6) is -3.89. The van der Waals surface area contributed by atoms with Crippen molar-refractivity contribution in [2.24, 2.45) is 11.8 Å². The van der Waals surface area contributed by atoms with Crippen molar-refractivity contribution >= 4 is 29.2 Å². The molecular formula is C25H23N3O6. The van der Waals surface area contributed by atoms with E-state index in [1.807, 2.05) is 19.9 Å². The third kappa shape index (κ3) is 4.12. The molecule has 9 nitrogen and oxygen atoms in total. The molecule has 174 valence electrons. The van der Waals surface area contributed by atoms with E-state index in [0.29, 0.717) is 18.4 Å². The summed E-state index contributed by atoms with van der Waals surface area (Å²) in [7, 11) is 0. The van der Waals surface area contributed by atoms with Crippen LogP contribution in [0.15, 0.2) is 60.2 Å². The molecule has 2 aromatic carbocycles. The van der Waals surface area contributed by atoms with E-state index in [1.54, 1.807) is 24.3 Å². The van der Waals surface area contributed by atoms with Crippen LogP contribution in [0, 0.1) is 28.9 Å². The molecule has 0 spiro atoms. The first-order chi connectivity index (χ1) is 16.2. The van der Waals surface area contributed by atoms with Crippen LogP contribution >= 0.6 is 0 Å². The molecule has 0 saturated carbocycles. The number of carbonyl (C=O) groups is 4. The topological polar surface area (TPSA) is 118 Å². The number of fused-ring (bicyclic) bond motifs is 1. The third-order valence-corrected chi connectivity index (χ3v) is 6.27. The minimum absolute atomic E-state index is 0.292. The molecule has 4 rings (SSSR count). The van der Waals surface area contributed by atoms with Crippen LogP contribution < -0.4 is 0 Å². The van der Waals surface area contributed by atoms with E-state index in [2.05, 4.69) is 0 Å². The number of hydrazine groups is 1. The molecule has 34 heavy (non-hydrogen) atoms. The summed E-state index contributed by atoms with van der Waals surface area (Å²) in [6, 6.07) is 11.9. The van der Waals surface area contributed by atoms with Crippen molar-refractivity contribution in [1.29, 1.82) is 0 Å². The van der Waals surface area contributed by atoms with E-state index in [1.165, 1.54) is 18.2 Å². The zero-order valence-corrected chi connectivity index (χ0v) is 18.8. The molecular weight excluding hydrogens is 438 g/mol. The van der Waals surface area contributed by atoms with Gasteiger partial charge in [0.25, 0.3) is 23.4 Å². The van der Waals surface area contributed by atoms with Crippen molar-refractivity contribution in [2.45, 2.75) is 26.7 Å². The second-order valence-electron chi connectivity index (χ2n) is 8.62. The summed E-state index contributed by atoms with van der Waals surface area (Å²) in [5, 5.41) is 13.0. The van der Waals surface area contributed by atoms with Gasteiger partial charge in [0.15, 0.2) is 5.78 Å². The van der Waals surface area contributed by atoms with Crippen LogP contribution in [0.3, 0.4) is 0 Å². The first kappa shape index (κ1) is 23.0. The quantitative estimate of drug-likeness (QED) is 0.214. The maximum Gasteiger partial charge on any atom is 0.282 e. The smallest absolute Gasteiger partial charge is 0.282 e. The standard InChI is InChI=1S/C25H23N3O6/c1-15-7-10-17(11-8-15)22(29)14-26(23(30)19-5-3-4-6-21(19)28(33)34)27-24(31)18-12-9-16(2)13-20(18)25(27)32/h3-11,18,20H,12-14H2,1-2H3/t18-,20+/m1/s1. The normalized spacial score (nSPS) is 19.5. The number of hydrogen-bond acceptors (Lipinski definition) is 6. The van der Waals surface area contributed by atoms with Crippen molar-refractivity contribution in [3.05, 3.63) is 87.0 Å². The van der Waals surface area contributed by atoms with Gasteiger partial charge in [-0.1, -0.05) is 53.6 Å². The lowest BCUT2D eigenvalue weighted by atomic mass is 9.82. The largest absolute Gasteiger partial charge is 0.292 e. The number of imide groups is 1. The van der Waals surface area contributed by atoms with Gasteiger partial charge in [0.05, 0.1) is 16.8 Å². The third-order valence-electron chi connectivity index (χ3n) is 6.27. The van der Waals surface area contributed by atoms with Gasteiger partial charge in [-0.2, -0.15) is 5.01 Å². The summed E-state index contributed by atoms with van der Waals surface area (Å²) in [5.41, 5.74) is 1.40. The number of para-hydroxylation sites is 1. The molecule has 0 bridgehead atoms. The van der Waals surface area contributed by atoms with Crippen molar-refractivity contribution in [3.8, 4) is 0 Å². The number of allylic oxidation sites excluding steroid dienone is 2. The molecule has 0 aromatic heterocycles. The van der Waals surface area contributed by atoms with Crippen LogP contribution in [0.1, 0.15) is 46.0 Å². The molecule has 2 aromatic rings. The Morgan fingerprint density at radius 1 is 1.03 bits per heavy atom. The molecule has 9 heteroatoms. The highest BCUT2D eigenvalue weighted by molar-refractivity contribution is 6.10. The number of Topliss-reactive ketones (excluding diaryl/α,β-unsaturated/α-hetero) is 1. The van der Waals surface area contributed by atoms with E-state index in [-0.39, 0.29) is 5.56 Å². The van der Waals surface area contributed by atoms with Gasteiger partial charge in [0.1, 0.15) is 12.1 Å². The van der Waals surface area contributed by atoms with Crippen molar-refractivity contribution in [3.63, 3.8) is 0 Å². The van der Waals surface area contributed by atoms with Gasteiger partial charge < -0.3 is 0 Å². The molecule has 2 atom stereocenters. The Kier molecular flexibility index (Phi) is 6.10. The number of nitro benzene ring substituents is 1. The predicted octanol–water partition coefficient (Wildman–Crippen LogP) is 3.48. The molecule has 0 unspecified atom stereocenters. The number of nitrogens with zero attached hydrogens (tertiary/aromatic N) is 3. The monoisotopic (exact) mass is 461 g/mol. The molecule has 0 N–H and O–H groups in total. The Hall–Kier alpha value is -4.14. The Balaban J connectivity index is 1.74. The number of hydrogen-bond donors (Lipinski definition) is 0. The van der Waals surface area contributed by atoms with Crippen molar-refractivity contribution in [2.75, 3.05) is 6.54 Å². The molecule has 2 aliphatic rings. The maximum atomic E-state index is 13.5. The Bertz CT molecular complexity index is 1230. The Morgan fingerprint density at radius 2 is 1.68 bits per heavy atom. The van der Waals surface area contributed by atoms with Crippen molar-refractivity contribution < 1.29 is 24.1 Å². The zero-order chi connectivity index (χ0) is 24.6. The van der Waals surface area contributed by atoms with Gasteiger partial charge in [0, 0.05) is 11.6 Å². The second kappa shape index (κ2) is 9.01. The Labute approximate surface area is 195 Å². The summed E-state index contributed by atoms with van der Waals surface area (Å²) in [4.78, 5) is 64.0.